The number of nitrogens with zero attached hydrogens (tertiary/aromatic N) is 4. The molecule has 0 fully saturated rings. The third-order valence-electron chi connectivity index (χ3n) is 2.13. The van der Waals surface area contributed by atoms with Crippen LogP contribution in [0.4, 0.5) is 0 Å². The van der Waals surface area contributed by atoms with E-state index in [1.54, 1.807) is 4.90 Å². The fraction of sp³-hybridized carbons (Fsp3) is 0.875. The fourth-order valence-electron chi connectivity index (χ4n) is 1.36. The van der Waals surface area contributed by atoms with Gasteiger partial charge in [-0.25, -0.2) is 5.01 Å². The average molecular weight is 200 g/mol. The standard InChI is InChI=1S/C8H16N4O2/c1-5-11-7(12(13)14)10(6-9-11)8(2,3)4/h6-7H,5H2,1-4H3. The van der Waals surface area contributed by atoms with E-state index in [0.717, 1.165) is 0 Å². The van der Waals surface area contributed by atoms with Gasteiger partial charge in [-0.1, -0.05) is 0 Å². The Balaban J connectivity index is 2.89. The first kappa shape index (κ1) is 10.7. The third-order valence-corrected chi connectivity index (χ3v) is 2.13. The highest BCUT2D eigenvalue weighted by Crippen LogP contribution is 2.22. The van der Waals surface area contributed by atoms with E-state index in [4.69, 9.17) is 0 Å². The van der Waals surface area contributed by atoms with Gasteiger partial charge in [0.2, 0.25) is 0 Å². The highest BCUT2D eigenvalue weighted by atomic mass is 16.6. The molecule has 0 aromatic heterocycles. The maximum atomic E-state index is 10.9. The number of nitro groups is 1. The monoisotopic (exact) mass is 200 g/mol. The van der Waals surface area contributed by atoms with Crippen molar-refractivity contribution in [2.45, 2.75) is 39.5 Å². The molecular formula is C8H16N4O2. The molecule has 1 heterocycles. The van der Waals surface area contributed by atoms with Gasteiger partial charge in [-0.15, -0.1) is 0 Å². The molecular weight excluding hydrogens is 184 g/mol. The van der Waals surface area contributed by atoms with Gasteiger partial charge in [0.25, 0.3) is 0 Å². The molecule has 1 aliphatic rings. The molecule has 1 unspecified atom stereocenters. The Morgan fingerprint density at radius 2 is 2.14 bits per heavy atom. The molecule has 0 spiro atoms. The van der Waals surface area contributed by atoms with E-state index in [9.17, 15) is 10.1 Å². The van der Waals surface area contributed by atoms with Crippen LogP contribution in [0.15, 0.2) is 5.10 Å². The van der Waals surface area contributed by atoms with Crippen molar-refractivity contribution in [3.8, 4) is 0 Å². The summed E-state index contributed by atoms with van der Waals surface area (Å²) in [5.74, 6) is 0. The second-order valence-electron chi connectivity index (χ2n) is 4.20. The van der Waals surface area contributed by atoms with Crippen LogP contribution < -0.4 is 0 Å². The van der Waals surface area contributed by atoms with Gasteiger partial charge in [0, 0.05) is 12.1 Å². The van der Waals surface area contributed by atoms with Crippen molar-refractivity contribution in [2.24, 2.45) is 5.10 Å². The first-order chi connectivity index (χ1) is 6.38. The Hall–Kier alpha value is -1.33. The van der Waals surface area contributed by atoms with Gasteiger partial charge in [-0.3, -0.25) is 15.0 Å². The SMILES string of the molecule is CCN1N=CN(C(C)(C)C)C1[N+](=O)[O-]. The molecule has 1 atom stereocenters. The molecule has 0 saturated heterocycles. The number of hydrazone groups is 1. The zero-order chi connectivity index (χ0) is 10.9. The number of hydrogen-bond donors (Lipinski definition) is 0. The number of rotatable bonds is 2. The van der Waals surface area contributed by atoms with E-state index in [1.165, 1.54) is 11.3 Å². The summed E-state index contributed by atoms with van der Waals surface area (Å²) in [6.07, 6.45) is 0.678. The van der Waals surface area contributed by atoms with Gasteiger partial charge < -0.3 is 0 Å². The van der Waals surface area contributed by atoms with Gasteiger partial charge in [0.05, 0.1) is 4.92 Å². The molecule has 0 bridgehead atoms. The molecule has 0 aromatic rings. The highest BCUT2D eigenvalue weighted by Gasteiger charge is 2.42. The van der Waals surface area contributed by atoms with Gasteiger partial charge in [0.15, 0.2) is 0 Å². The lowest BCUT2D eigenvalue weighted by molar-refractivity contribution is -0.574. The van der Waals surface area contributed by atoms with E-state index in [0.29, 0.717) is 6.54 Å². The molecule has 0 amide bonds. The predicted molar refractivity (Wildman–Crippen MR) is 53.2 cm³/mol. The molecule has 80 valence electrons. The Morgan fingerprint density at radius 3 is 2.50 bits per heavy atom. The quantitative estimate of drug-likeness (QED) is 0.491. The summed E-state index contributed by atoms with van der Waals surface area (Å²) in [5, 5.41) is 16.3. The van der Waals surface area contributed by atoms with Crippen molar-refractivity contribution < 1.29 is 4.92 Å². The summed E-state index contributed by atoms with van der Waals surface area (Å²) in [6.45, 7) is 8.16. The van der Waals surface area contributed by atoms with Crippen LogP contribution in [0.3, 0.4) is 0 Å². The van der Waals surface area contributed by atoms with Gasteiger partial charge in [-0.2, -0.15) is 5.10 Å². The van der Waals surface area contributed by atoms with Crippen molar-refractivity contribution >= 4 is 6.34 Å². The van der Waals surface area contributed by atoms with Crippen molar-refractivity contribution in [1.29, 1.82) is 0 Å². The summed E-state index contributed by atoms with van der Waals surface area (Å²) < 4.78 is 0. The summed E-state index contributed by atoms with van der Waals surface area (Å²) in [7, 11) is 0. The van der Waals surface area contributed by atoms with E-state index >= 15 is 0 Å². The van der Waals surface area contributed by atoms with Crippen LogP contribution in [0.5, 0.6) is 0 Å². The fourth-order valence-corrected chi connectivity index (χ4v) is 1.36. The van der Waals surface area contributed by atoms with Gasteiger partial charge in [-0.05, 0) is 27.7 Å². The minimum Gasteiger partial charge on any atom is -0.274 e. The van der Waals surface area contributed by atoms with Gasteiger partial charge in [0.1, 0.15) is 6.34 Å². The lowest BCUT2D eigenvalue weighted by atomic mass is 10.1. The van der Waals surface area contributed by atoms with Crippen LogP contribution in [-0.2, 0) is 0 Å². The van der Waals surface area contributed by atoms with Crippen molar-refractivity contribution in [2.75, 3.05) is 6.54 Å². The maximum absolute atomic E-state index is 10.9. The molecule has 0 aromatic carbocycles. The van der Waals surface area contributed by atoms with Crippen LogP contribution in [0.25, 0.3) is 0 Å². The lowest BCUT2D eigenvalue weighted by Gasteiger charge is -2.32. The predicted octanol–water partition coefficient (Wildman–Crippen LogP) is 0.926. The number of hydrogen-bond acceptors (Lipinski definition) is 5. The van der Waals surface area contributed by atoms with Gasteiger partial charge >= 0.3 is 6.29 Å². The van der Waals surface area contributed by atoms with Crippen LogP contribution in [0.1, 0.15) is 27.7 Å². The Labute approximate surface area is 83.3 Å². The molecule has 0 aliphatic carbocycles. The van der Waals surface area contributed by atoms with Crippen LogP contribution in [0.2, 0.25) is 0 Å². The molecule has 0 radical (unpaired) electrons. The van der Waals surface area contributed by atoms with Crippen molar-refractivity contribution in [3.63, 3.8) is 0 Å². The van der Waals surface area contributed by atoms with Crippen LogP contribution in [0, 0.1) is 10.1 Å². The smallest absolute Gasteiger partial charge is 0.274 e. The van der Waals surface area contributed by atoms with E-state index in [-0.39, 0.29) is 10.5 Å². The average Bonchev–Trinajstić information content (AvgIpc) is 2.45. The normalized spacial score (nSPS) is 21.9. The molecule has 1 aliphatic heterocycles. The molecule has 0 saturated carbocycles. The second-order valence-corrected chi connectivity index (χ2v) is 4.20. The zero-order valence-electron chi connectivity index (χ0n) is 8.97. The zero-order valence-corrected chi connectivity index (χ0v) is 8.97. The molecule has 6 nitrogen and oxygen atoms in total. The molecule has 14 heavy (non-hydrogen) atoms. The first-order valence-corrected chi connectivity index (χ1v) is 4.60. The summed E-state index contributed by atoms with van der Waals surface area (Å²) in [4.78, 5) is 12.2. The van der Waals surface area contributed by atoms with Crippen molar-refractivity contribution in [1.82, 2.24) is 9.91 Å². The second kappa shape index (κ2) is 3.43. The summed E-state index contributed by atoms with van der Waals surface area (Å²) in [6, 6.07) is 0. The van der Waals surface area contributed by atoms with Crippen LogP contribution >= 0.6 is 0 Å². The maximum Gasteiger partial charge on any atom is 0.384 e. The minimum absolute atomic E-state index is 0.287. The molecule has 0 N–H and O–H groups in total. The summed E-state index contributed by atoms with van der Waals surface area (Å²) in [5.41, 5.74) is -0.287. The third kappa shape index (κ3) is 1.78. The minimum atomic E-state index is -0.861. The Morgan fingerprint density at radius 1 is 1.57 bits per heavy atom. The molecule has 6 heteroatoms. The van der Waals surface area contributed by atoms with E-state index < -0.39 is 6.29 Å². The first-order valence-electron chi connectivity index (χ1n) is 4.60. The summed E-state index contributed by atoms with van der Waals surface area (Å²) >= 11 is 0. The highest BCUT2D eigenvalue weighted by molar-refractivity contribution is 5.57. The Bertz CT molecular complexity index is 259. The topological polar surface area (TPSA) is 62.0 Å². The van der Waals surface area contributed by atoms with E-state index in [1.807, 2.05) is 27.7 Å². The Kier molecular flexibility index (Phi) is 2.64. The van der Waals surface area contributed by atoms with Crippen LogP contribution in [-0.4, -0.2) is 39.5 Å². The largest absolute Gasteiger partial charge is 0.384 e. The lowest BCUT2D eigenvalue weighted by Crippen LogP contribution is -2.53. The van der Waals surface area contributed by atoms with Crippen molar-refractivity contribution in [3.05, 3.63) is 10.1 Å². The van der Waals surface area contributed by atoms with E-state index in [2.05, 4.69) is 5.10 Å². The molecule has 1 rings (SSSR count).